The van der Waals surface area contributed by atoms with Gasteiger partial charge < -0.3 is 10.2 Å². The number of hydrogen-bond donors (Lipinski definition) is 1. The summed E-state index contributed by atoms with van der Waals surface area (Å²) in [5, 5.41) is 3.53. The minimum absolute atomic E-state index is 0.0234. The van der Waals surface area contributed by atoms with E-state index in [-0.39, 0.29) is 17.6 Å². The molecule has 1 N–H and O–H groups in total. The van der Waals surface area contributed by atoms with E-state index in [1.165, 1.54) is 12.1 Å². The Labute approximate surface area is 173 Å². The topological polar surface area (TPSA) is 58.1 Å². The van der Waals surface area contributed by atoms with Crippen molar-refractivity contribution in [1.29, 1.82) is 0 Å². The van der Waals surface area contributed by atoms with Gasteiger partial charge in [-0.3, -0.25) is 4.79 Å². The molecule has 0 spiro atoms. The van der Waals surface area contributed by atoms with Crippen molar-refractivity contribution in [1.82, 2.24) is 9.97 Å². The van der Waals surface area contributed by atoms with E-state index in [9.17, 15) is 9.18 Å². The van der Waals surface area contributed by atoms with Gasteiger partial charge in [0.15, 0.2) is 5.82 Å². The highest BCUT2D eigenvalue weighted by atomic mass is 35.5. The second-order valence-corrected chi connectivity index (χ2v) is 7.47. The third-order valence-electron chi connectivity index (χ3n) is 4.95. The highest BCUT2D eigenvalue weighted by Crippen LogP contribution is 2.25. The van der Waals surface area contributed by atoms with E-state index in [4.69, 9.17) is 11.6 Å². The second kappa shape index (κ2) is 8.57. The molecule has 1 fully saturated rings. The first-order chi connectivity index (χ1) is 14.1. The number of halogens is 2. The maximum Gasteiger partial charge on any atom is 0.229 e. The highest BCUT2D eigenvalue weighted by Gasteiger charge is 2.27. The average molecular weight is 411 g/mol. The Morgan fingerprint density at radius 2 is 2.00 bits per heavy atom. The van der Waals surface area contributed by atoms with Crippen molar-refractivity contribution in [3.63, 3.8) is 0 Å². The van der Waals surface area contributed by atoms with Crippen molar-refractivity contribution >= 4 is 29.0 Å². The fourth-order valence-corrected chi connectivity index (χ4v) is 3.66. The summed E-state index contributed by atoms with van der Waals surface area (Å²) in [4.78, 5) is 23.8. The lowest BCUT2D eigenvalue weighted by atomic mass is 9.97. The van der Waals surface area contributed by atoms with Crippen LogP contribution in [-0.4, -0.2) is 29.0 Å². The molecule has 1 aliphatic rings. The summed E-state index contributed by atoms with van der Waals surface area (Å²) in [5.74, 6) is 0.832. The van der Waals surface area contributed by atoms with Gasteiger partial charge in [0.25, 0.3) is 0 Å². The van der Waals surface area contributed by atoms with E-state index < -0.39 is 0 Å². The lowest BCUT2D eigenvalue weighted by molar-refractivity contribution is -0.120. The summed E-state index contributed by atoms with van der Waals surface area (Å²) in [7, 11) is 0. The van der Waals surface area contributed by atoms with E-state index in [0.717, 1.165) is 30.8 Å². The smallest absolute Gasteiger partial charge is 0.229 e. The van der Waals surface area contributed by atoms with Crippen molar-refractivity contribution in [3.8, 4) is 11.4 Å². The number of amides is 1. The van der Waals surface area contributed by atoms with Crippen molar-refractivity contribution in [2.24, 2.45) is 5.92 Å². The molecule has 0 unspecified atom stereocenters. The van der Waals surface area contributed by atoms with Crippen LogP contribution in [0.15, 0.2) is 60.8 Å². The van der Waals surface area contributed by atoms with Crippen LogP contribution < -0.4 is 10.2 Å². The van der Waals surface area contributed by atoms with Gasteiger partial charge in [0.05, 0.1) is 5.92 Å². The molecular weight excluding hydrogens is 391 g/mol. The molecule has 2 heterocycles. The summed E-state index contributed by atoms with van der Waals surface area (Å²) in [6.07, 6.45) is 3.40. The normalized spacial score (nSPS) is 16.5. The van der Waals surface area contributed by atoms with Gasteiger partial charge in [0.1, 0.15) is 11.6 Å². The van der Waals surface area contributed by atoms with Crippen molar-refractivity contribution < 1.29 is 9.18 Å². The van der Waals surface area contributed by atoms with Crippen LogP contribution in [0.4, 0.5) is 15.9 Å². The minimum Gasteiger partial charge on any atom is -0.356 e. The molecule has 1 saturated heterocycles. The molecule has 29 heavy (non-hydrogen) atoms. The van der Waals surface area contributed by atoms with E-state index in [1.807, 2.05) is 18.2 Å². The van der Waals surface area contributed by atoms with Crippen molar-refractivity contribution in [3.05, 3.63) is 71.6 Å². The molecule has 0 bridgehead atoms. The number of piperidine rings is 1. The van der Waals surface area contributed by atoms with Crippen LogP contribution in [-0.2, 0) is 4.79 Å². The number of aromatic nitrogens is 2. The van der Waals surface area contributed by atoms with E-state index in [2.05, 4.69) is 20.2 Å². The zero-order chi connectivity index (χ0) is 20.2. The number of carbonyl (C=O) groups is 1. The summed E-state index contributed by atoms with van der Waals surface area (Å²) in [5.41, 5.74) is 1.45. The van der Waals surface area contributed by atoms with Crippen LogP contribution >= 0.6 is 11.6 Å². The van der Waals surface area contributed by atoms with Crippen LogP contribution in [0, 0.1) is 11.7 Å². The first kappa shape index (κ1) is 19.3. The van der Waals surface area contributed by atoms with Gasteiger partial charge in [0.2, 0.25) is 5.91 Å². The van der Waals surface area contributed by atoms with Gasteiger partial charge in [0, 0.05) is 35.6 Å². The number of carbonyl (C=O) groups excluding carboxylic acids is 1. The highest BCUT2D eigenvalue weighted by molar-refractivity contribution is 6.30. The molecule has 5 nitrogen and oxygen atoms in total. The SMILES string of the molecule is O=C(Nc1cccc(Cl)c1)[C@H]1CCCN(c2ccnc(-c3ccc(F)cc3)n2)C1. The molecule has 148 valence electrons. The standard InChI is InChI=1S/C22H20ClFN4O/c23-17-4-1-5-19(13-17)26-22(29)16-3-2-12-28(14-16)20-10-11-25-21(27-20)15-6-8-18(24)9-7-15/h1,4-11,13,16H,2-3,12,14H2,(H,26,29)/t16-/m0/s1. The van der Waals surface area contributed by atoms with E-state index in [1.54, 1.807) is 30.5 Å². The predicted molar refractivity (Wildman–Crippen MR) is 112 cm³/mol. The molecule has 7 heteroatoms. The fraction of sp³-hybridized carbons (Fsp3) is 0.227. The Hall–Kier alpha value is -2.99. The lowest BCUT2D eigenvalue weighted by Gasteiger charge is -2.33. The number of anilines is 2. The van der Waals surface area contributed by atoms with Crippen LogP contribution in [0.1, 0.15) is 12.8 Å². The number of hydrogen-bond acceptors (Lipinski definition) is 4. The Morgan fingerprint density at radius 3 is 2.79 bits per heavy atom. The second-order valence-electron chi connectivity index (χ2n) is 7.03. The molecular formula is C22H20ClFN4O. The van der Waals surface area contributed by atoms with Crippen molar-refractivity contribution in [2.75, 3.05) is 23.3 Å². The molecule has 0 radical (unpaired) electrons. The fourth-order valence-electron chi connectivity index (χ4n) is 3.47. The first-order valence-electron chi connectivity index (χ1n) is 9.49. The molecule has 3 aromatic rings. The molecule has 1 amide bonds. The summed E-state index contributed by atoms with van der Waals surface area (Å²) < 4.78 is 13.2. The molecule has 4 rings (SSSR count). The molecule has 2 aromatic carbocycles. The van der Waals surface area contributed by atoms with Gasteiger partial charge in [-0.1, -0.05) is 17.7 Å². The quantitative estimate of drug-likeness (QED) is 0.671. The Bertz CT molecular complexity index is 1010. The number of rotatable bonds is 4. The summed E-state index contributed by atoms with van der Waals surface area (Å²) >= 11 is 6.00. The monoisotopic (exact) mass is 410 g/mol. The zero-order valence-corrected chi connectivity index (χ0v) is 16.4. The van der Waals surface area contributed by atoms with Crippen molar-refractivity contribution in [2.45, 2.75) is 12.8 Å². The molecule has 0 saturated carbocycles. The van der Waals surface area contributed by atoms with Crippen LogP contribution in [0.25, 0.3) is 11.4 Å². The maximum absolute atomic E-state index is 13.2. The minimum atomic E-state index is -0.297. The van der Waals surface area contributed by atoms with Gasteiger partial charge in [-0.25, -0.2) is 14.4 Å². The maximum atomic E-state index is 13.2. The first-order valence-corrected chi connectivity index (χ1v) is 9.87. The Morgan fingerprint density at radius 1 is 1.17 bits per heavy atom. The average Bonchev–Trinajstić information content (AvgIpc) is 2.74. The van der Waals surface area contributed by atoms with E-state index >= 15 is 0 Å². The third-order valence-corrected chi connectivity index (χ3v) is 5.19. The van der Waals surface area contributed by atoms with Crippen LogP contribution in [0.3, 0.4) is 0 Å². The predicted octanol–water partition coefficient (Wildman–Crippen LogP) is 4.79. The Balaban J connectivity index is 1.47. The van der Waals surface area contributed by atoms with Gasteiger partial charge in [-0.2, -0.15) is 0 Å². The molecule has 1 atom stereocenters. The van der Waals surface area contributed by atoms with E-state index in [0.29, 0.717) is 23.1 Å². The summed E-state index contributed by atoms with van der Waals surface area (Å²) in [6, 6.07) is 15.1. The largest absolute Gasteiger partial charge is 0.356 e. The number of benzene rings is 2. The number of nitrogens with zero attached hydrogens (tertiary/aromatic N) is 3. The third kappa shape index (κ3) is 4.71. The van der Waals surface area contributed by atoms with Crippen LogP contribution in [0.2, 0.25) is 5.02 Å². The summed E-state index contributed by atoms with van der Waals surface area (Å²) in [6.45, 7) is 1.40. The lowest BCUT2D eigenvalue weighted by Crippen LogP contribution is -2.41. The van der Waals surface area contributed by atoms with Gasteiger partial charge >= 0.3 is 0 Å². The van der Waals surface area contributed by atoms with Gasteiger partial charge in [-0.05, 0) is 61.4 Å². The Kier molecular flexibility index (Phi) is 5.71. The van der Waals surface area contributed by atoms with Gasteiger partial charge in [-0.15, -0.1) is 0 Å². The number of nitrogens with one attached hydrogen (secondary N) is 1. The van der Waals surface area contributed by atoms with Crippen LogP contribution in [0.5, 0.6) is 0 Å². The molecule has 1 aromatic heterocycles. The zero-order valence-electron chi connectivity index (χ0n) is 15.7. The molecule has 1 aliphatic heterocycles. The molecule has 0 aliphatic carbocycles.